The maximum absolute atomic E-state index is 12.6. The summed E-state index contributed by atoms with van der Waals surface area (Å²) in [6.45, 7) is 1.43. The van der Waals surface area contributed by atoms with Gasteiger partial charge in [0.1, 0.15) is 23.9 Å². The van der Waals surface area contributed by atoms with Gasteiger partial charge >= 0.3 is 12.1 Å². The van der Waals surface area contributed by atoms with Crippen molar-refractivity contribution in [2.75, 3.05) is 0 Å². The Labute approximate surface area is 175 Å². The van der Waals surface area contributed by atoms with E-state index < -0.39 is 11.7 Å². The Bertz CT molecular complexity index is 1230. The number of H-pyrrole nitrogens is 1. The van der Waals surface area contributed by atoms with Crippen LogP contribution in [0.1, 0.15) is 18.3 Å². The molecule has 4 aromatic rings. The van der Waals surface area contributed by atoms with E-state index in [1.807, 2.05) is 24.3 Å². The molecule has 0 saturated heterocycles. The van der Waals surface area contributed by atoms with Crippen molar-refractivity contribution in [2.24, 2.45) is 0 Å². The highest BCUT2D eigenvalue weighted by Gasteiger charge is 2.30. The highest BCUT2D eigenvalue weighted by molar-refractivity contribution is 5.82. The first-order valence-corrected chi connectivity index (χ1v) is 9.35. The molecule has 31 heavy (non-hydrogen) atoms. The first kappa shape index (κ1) is 20.5. The predicted octanol–water partition coefficient (Wildman–Crippen LogP) is 5.75. The Kier molecular flexibility index (Phi) is 5.37. The number of carbonyl (C=O) groups excluding carboxylic acids is 1. The minimum absolute atomic E-state index is 0.0807. The number of hydrogen-bond acceptors (Lipinski definition) is 4. The van der Waals surface area contributed by atoms with Crippen molar-refractivity contribution in [1.29, 1.82) is 0 Å². The van der Waals surface area contributed by atoms with Crippen molar-refractivity contribution in [2.45, 2.75) is 19.7 Å². The average molecular weight is 426 g/mol. The van der Waals surface area contributed by atoms with Crippen LogP contribution in [0.3, 0.4) is 0 Å². The minimum atomic E-state index is -4.38. The number of nitrogens with zero attached hydrogens (tertiary/aromatic N) is 1. The summed E-state index contributed by atoms with van der Waals surface area (Å²) in [7, 11) is 0. The summed E-state index contributed by atoms with van der Waals surface area (Å²) in [6, 6.07) is 17.3. The van der Waals surface area contributed by atoms with Gasteiger partial charge in [-0.3, -0.25) is 4.79 Å². The Balaban J connectivity index is 1.50. The van der Waals surface area contributed by atoms with Crippen molar-refractivity contribution in [3.63, 3.8) is 0 Å². The fraction of sp³-hybridized carbons (Fsp3) is 0.130. The first-order valence-electron chi connectivity index (χ1n) is 9.35. The van der Waals surface area contributed by atoms with Crippen LogP contribution < -0.4 is 9.47 Å². The van der Waals surface area contributed by atoms with Gasteiger partial charge in [0.25, 0.3) is 0 Å². The number of ether oxygens (including phenoxy) is 2. The second-order valence-corrected chi connectivity index (χ2v) is 6.85. The fourth-order valence-corrected chi connectivity index (χ4v) is 3.11. The van der Waals surface area contributed by atoms with Crippen molar-refractivity contribution in [3.05, 3.63) is 78.1 Å². The molecular formula is C23H17F3N2O3. The molecule has 3 aromatic carbocycles. The van der Waals surface area contributed by atoms with E-state index in [-0.39, 0.29) is 12.6 Å². The van der Waals surface area contributed by atoms with E-state index in [1.165, 1.54) is 19.1 Å². The zero-order chi connectivity index (χ0) is 22.0. The molecule has 1 aromatic heterocycles. The molecular weight excluding hydrogens is 409 g/mol. The molecule has 8 heteroatoms. The molecule has 158 valence electrons. The zero-order valence-corrected chi connectivity index (χ0v) is 16.4. The van der Waals surface area contributed by atoms with Crippen molar-refractivity contribution >= 4 is 17.0 Å². The number of carbonyl (C=O) groups is 1. The van der Waals surface area contributed by atoms with Crippen LogP contribution in [0, 0.1) is 0 Å². The van der Waals surface area contributed by atoms with Crippen molar-refractivity contribution in [1.82, 2.24) is 9.97 Å². The molecule has 0 amide bonds. The van der Waals surface area contributed by atoms with Crippen LogP contribution in [0.15, 0.2) is 66.7 Å². The number of esters is 1. The lowest BCUT2D eigenvalue weighted by atomic mass is 10.0. The van der Waals surface area contributed by atoms with Gasteiger partial charge in [0.2, 0.25) is 0 Å². The van der Waals surface area contributed by atoms with Crippen molar-refractivity contribution < 1.29 is 27.4 Å². The Morgan fingerprint density at radius 3 is 2.42 bits per heavy atom. The second-order valence-electron chi connectivity index (χ2n) is 6.85. The predicted molar refractivity (Wildman–Crippen MR) is 109 cm³/mol. The second kappa shape index (κ2) is 8.14. The van der Waals surface area contributed by atoms with Gasteiger partial charge < -0.3 is 14.5 Å². The van der Waals surface area contributed by atoms with Gasteiger partial charge in [-0.2, -0.15) is 13.2 Å². The lowest BCUT2D eigenvalue weighted by molar-refractivity contribution is -0.137. The standard InChI is InChI=1S/C23H17F3N2O3/c1-14(29)31-19-4-2-3-15(11-19)16-5-10-20-21(12-16)28-22(27-20)13-30-18-8-6-17(7-9-18)23(24,25)26/h2-12H,13H2,1H3,(H,27,28). The summed E-state index contributed by atoms with van der Waals surface area (Å²) >= 11 is 0. The fourth-order valence-electron chi connectivity index (χ4n) is 3.11. The molecule has 5 nitrogen and oxygen atoms in total. The van der Waals surface area contributed by atoms with Gasteiger partial charge in [-0.05, 0) is 59.7 Å². The maximum atomic E-state index is 12.6. The molecule has 0 bridgehead atoms. The van der Waals surface area contributed by atoms with Crippen LogP contribution in [-0.4, -0.2) is 15.9 Å². The van der Waals surface area contributed by atoms with Crippen LogP contribution in [0.4, 0.5) is 13.2 Å². The highest BCUT2D eigenvalue weighted by atomic mass is 19.4. The number of aromatic amines is 1. The summed E-state index contributed by atoms with van der Waals surface area (Å²) in [6.07, 6.45) is -4.38. The smallest absolute Gasteiger partial charge is 0.416 e. The van der Waals surface area contributed by atoms with Gasteiger partial charge in [-0.25, -0.2) is 4.98 Å². The number of alkyl halides is 3. The monoisotopic (exact) mass is 426 g/mol. The Morgan fingerprint density at radius 1 is 0.968 bits per heavy atom. The summed E-state index contributed by atoms with van der Waals surface area (Å²) in [5, 5.41) is 0. The average Bonchev–Trinajstić information content (AvgIpc) is 3.14. The number of nitrogens with one attached hydrogen (secondary N) is 1. The summed E-state index contributed by atoms with van der Waals surface area (Å²) in [4.78, 5) is 18.8. The molecule has 0 unspecified atom stereocenters. The topological polar surface area (TPSA) is 64.2 Å². The molecule has 0 spiro atoms. The molecule has 1 N–H and O–H groups in total. The number of aromatic nitrogens is 2. The lowest BCUT2D eigenvalue weighted by Gasteiger charge is -2.08. The Morgan fingerprint density at radius 2 is 1.71 bits per heavy atom. The van der Waals surface area contributed by atoms with Crippen LogP contribution in [0.2, 0.25) is 0 Å². The van der Waals surface area contributed by atoms with E-state index in [1.54, 1.807) is 18.2 Å². The maximum Gasteiger partial charge on any atom is 0.416 e. The number of halogens is 3. The minimum Gasteiger partial charge on any atom is -0.486 e. The summed E-state index contributed by atoms with van der Waals surface area (Å²) in [5.74, 6) is 0.927. The van der Waals surface area contributed by atoms with Crippen LogP contribution in [0.25, 0.3) is 22.2 Å². The molecule has 0 radical (unpaired) electrons. The number of imidazole rings is 1. The van der Waals surface area contributed by atoms with Crippen molar-refractivity contribution in [3.8, 4) is 22.6 Å². The normalized spacial score (nSPS) is 11.5. The van der Waals surface area contributed by atoms with Crippen LogP contribution in [-0.2, 0) is 17.6 Å². The number of rotatable bonds is 5. The third-order valence-electron chi connectivity index (χ3n) is 4.52. The first-order chi connectivity index (χ1) is 14.8. The van der Waals surface area contributed by atoms with E-state index in [4.69, 9.17) is 9.47 Å². The molecule has 0 aliphatic carbocycles. The third-order valence-corrected chi connectivity index (χ3v) is 4.52. The largest absolute Gasteiger partial charge is 0.486 e. The molecule has 0 saturated carbocycles. The lowest BCUT2D eigenvalue weighted by Crippen LogP contribution is -2.04. The number of fused-ring (bicyclic) bond motifs is 1. The summed E-state index contributed by atoms with van der Waals surface area (Å²) < 4.78 is 48.6. The van der Waals surface area contributed by atoms with E-state index in [0.717, 1.165) is 34.3 Å². The SMILES string of the molecule is CC(=O)Oc1cccc(-c2ccc3nc(COc4ccc(C(F)(F)F)cc4)[nH]c3c2)c1. The molecule has 4 rings (SSSR count). The third kappa shape index (κ3) is 4.85. The van der Waals surface area contributed by atoms with Gasteiger partial charge in [0.15, 0.2) is 0 Å². The molecule has 0 aliphatic heterocycles. The molecule has 0 fully saturated rings. The van der Waals surface area contributed by atoms with E-state index in [9.17, 15) is 18.0 Å². The van der Waals surface area contributed by atoms with Crippen LogP contribution >= 0.6 is 0 Å². The van der Waals surface area contributed by atoms with Gasteiger partial charge in [-0.1, -0.05) is 18.2 Å². The quantitative estimate of drug-likeness (QED) is 0.326. The number of benzene rings is 3. The van der Waals surface area contributed by atoms with Gasteiger partial charge in [0.05, 0.1) is 16.6 Å². The Hall–Kier alpha value is -3.81. The molecule has 0 atom stereocenters. The van der Waals surface area contributed by atoms with Gasteiger partial charge in [-0.15, -0.1) is 0 Å². The zero-order valence-electron chi connectivity index (χ0n) is 16.4. The van der Waals surface area contributed by atoms with Gasteiger partial charge in [0, 0.05) is 6.92 Å². The van der Waals surface area contributed by atoms with E-state index >= 15 is 0 Å². The number of hydrogen-bond donors (Lipinski definition) is 1. The molecule has 1 heterocycles. The summed E-state index contributed by atoms with van der Waals surface area (Å²) in [5.41, 5.74) is 2.55. The highest BCUT2D eigenvalue weighted by Crippen LogP contribution is 2.30. The molecule has 0 aliphatic rings. The van der Waals surface area contributed by atoms with E-state index in [2.05, 4.69) is 9.97 Å². The van der Waals surface area contributed by atoms with E-state index in [0.29, 0.717) is 17.3 Å². The van der Waals surface area contributed by atoms with Crippen LogP contribution in [0.5, 0.6) is 11.5 Å².